The summed E-state index contributed by atoms with van der Waals surface area (Å²) in [4.78, 5) is 19.5. The normalized spacial score (nSPS) is 17.9. The van der Waals surface area contributed by atoms with Gasteiger partial charge in [0.25, 0.3) is 0 Å². The maximum absolute atomic E-state index is 13.1. The van der Waals surface area contributed by atoms with Gasteiger partial charge >= 0.3 is 0 Å². The standard InChI is InChI=1S/C19H27N5O/c1-15-12-16(2)24(22-15)14-19(25)23(13-17-6-3-4-10-21-17)18-7-5-9-20-11-8-18/h3-4,6,10,12,18,20H,5,7-9,11,13-14H2,1-2H3. The molecule has 0 saturated carbocycles. The number of hydrogen-bond donors (Lipinski definition) is 1. The molecule has 2 aromatic heterocycles. The second-order valence-electron chi connectivity index (χ2n) is 6.76. The second kappa shape index (κ2) is 8.25. The van der Waals surface area contributed by atoms with Crippen molar-refractivity contribution in [3.63, 3.8) is 0 Å². The minimum absolute atomic E-state index is 0.115. The summed E-state index contributed by atoms with van der Waals surface area (Å²) in [5.74, 6) is 0.115. The van der Waals surface area contributed by atoms with E-state index in [-0.39, 0.29) is 18.5 Å². The molecule has 1 saturated heterocycles. The zero-order valence-electron chi connectivity index (χ0n) is 15.1. The van der Waals surface area contributed by atoms with Gasteiger partial charge in [-0.15, -0.1) is 0 Å². The summed E-state index contributed by atoms with van der Waals surface area (Å²) in [5.41, 5.74) is 2.90. The van der Waals surface area contributed by atoms with Gasteiger partial charge in [0.2, 0.25) is 5.91 Å². The van der Waals surface area contributed by atoms with Crippen LogP contribution >= 0.6 is 0 Å². The lowest BCUT2D eigenvalue weighted by Crippen LogP contribution is -2.42. The first-order valence-corrected chi connectivity index (χ1v) is 9.04. The van der Waals surface area contributed by atoms with Gasteiger partial charge in [0.15, 0.2) is 0 Å². The summed E-state index contributed by atoms with van der Waals surface area (Å²) in [6.07, 6.45) is 4.89. The van der Waals surface area contributed by atoms with Crippen molar-refractivity contribution in [2.75, 3.05) is 13.1 Å². The lowest BCUT2D eigenvalue weighted by Gasteiger charge is -2.31. The molecule has 6 heteroatoms. The Morgan fingerprint density at radius 1 is 1.32 bits per heavy atom. The van der Waals surface area contributed by atoms with E-state index in [0.717, 1.165) is 49.4 Å². The van der Waals surface area contributed by atoms with Gasteiger partial charge in [0.05, 0.1) is 17.9 Å². The molecule has 0 aromatic carbocycles. The van der Waals surface area contributed by atoms with Gasteiger partial charge in [0.1, 0.15) is 6.54 Å². The van der Waals surface area contributed by atoms with E-state index < -0.39 is 0 Å². The predicted octanol–water partition coefficient (Wildman–Crippen LogP) is 2.07. The number of nitrogens with zero attached hydrogens (tertiary/aromatic N) is 4. The highest BCUT2D eigenvalue weighted by Crippen LogP contribution is 2.17. The fourth-order valence-corrected chi connectivity index (χ4v) is 3.45. The van der Waals surface area contributed by atoms with Crippen molar-refractivity contribution in [3.8, 4) is 0 Å². The highest BCUT2D eigenvalue weighted by molar-refractivity contribution is 5.76. The van der Waals surface area contributed by atoms with Crippen LogP contribution in [0.2, 0.25) is 0 Å². The topological polar surface area (TPSA) is 63.1 Å². The first-order chi connectivity index (χ1) is 12.1. The van der Waals surface area contributed by atoms with E-state index in [1.54, 1.807) is 10.9 Å². The second-order valence-corrected chi connectivity index (χ2v) is 6.76. The average Bonchev–Trinajstić information content (AvgIpc) is 2.81. The van der Waals surface area contributed by atoms with Crippen LogP contribution < -0.4 is 5.32 Å². The van der Waals surface area contributed by atoms with Crippen LogP contribution in [0.1, 0.15) is 36.3 Å². The van der Waals surface area contributed by atoms with E-state index in [2.05, 4.69) is 15.4 Å². The number of aryl methyl sites for hydroxylation is 2. The fraction of sp³-hybridized carbons (Fsp3) is 0.526. The van der Waals surface area contributed by atoms with Crippen molar-refractivity contribution in [1.29, 1.82) is 0 Å². The molecule has 1 atom stereocenters. The Labute approximate surface area is 149 Å². The van der Waals surface area contributed by atoms with Gasteiger partial charge in [-0.2, -0.15) is 5.10 Å². The zero-order chi connectivity index (χ0) is 17.6. The fourth-order valence-electron chi connectivity index (χ4n) is 3.45. The summed E-state index contributed by atoms with van der Waals surface area (Å²) >= 11 is 0. The largest absolute Gasteiger partial charge is 0.332 e. The van der Waals surface area contributed by atoms with Crippen LogP contribution in [-0.4, -0.2) is 44.7 Å². The maximum Gasteiger partial charge on any atom is 0.244 e. The third-order valence-corrected chi connectivity index (χ3v) is 4.75. The van der Waals surface area contributed by atoms with Gasteiger partial charge in [-0.05, 0) is 64.4 Å². The van der Waals surface area contributed by atoms with E-state index in [1.165, 1.54) is 0 Å². The van der Waals surface area contributed by atoms with Gasteiger partial charge in [-0.1, -0.05) is 6.07 Å². The highest BCUT2D eigenvalue weighted by atomic mass is 16.2. The number of hydrogen-bond acceptors (Lipinski definition) is 4. The molecule has 134 valence electrons. The van der Waals surface area contributed by atoms with Crippen molar-refractivity contribution in [2.45, 2.75) is 52.2 Å². The molecule has 25 heavy (non-hydrogen) atoms. The number of aromatic nitrogens is 3. The van der Waals surface area contributed by atoms with Crippen LogP contribution in [0.4, 0.5) is 0 Å². The smallest absolute Gasteiger partial charge is 0.244 e. The van der Waals surface area contributed by atoms with Crippen molar-refractivity contribution < 1.29 is 4.79 Å². The molecule has 1 aliphatic rings. The molecule has 2 aromatic rings. The highest BCUT2D eigenvalue weighted by Gasteiger charge is 2.25. The Kier molecular flexibility index (Phi) is 5.81. The van der Waals surface area contributed by atoms with Crippen LogP contribution in [-0.2, 0) is 17.9 Å². The summed E-state index contributed by atoms with van der Waals surface area (Å²) in [6, 6.07) is 8.12. The molecular formula is C19H27N5O. The molecule has 1 aliphatic heterocycles. The van der Waals surface area contributed by atoms with Crippen LogP contribution in [0.25, 0.3) is 0 Å². The van der Waals surface area contributed by atoms with Crippen molar-refractivity contribution in [2.24, 2.45) is 0 Å². The van der Waals surface area contributed by atoms with Gasteiger partial charge in [-0.3, -0.25) is 14.5 Å². The molecule has 1 fully saturated rings. The first-order valence-electron chi connectivity index (χ1n) is 9.04. The molecule has 0 aliphatic carbocycles. The molecule has 3 rings (SSSR count). The Hall–Kier alpha value is -2.21. The molecule has 0 spiro atoms. The summed E-state index contributed by atoms with van der Waals surface area (Å²) in [7, 11) is 0. The summed E-state index contributed by atoms with van der Waals surface area (Å²) in [5, 5.41) is 7.87. The SMILES string of the molecule is Cc1cc(C)n(CC(=O)N(Cc2ccccn2)C2CCCNCC2)n1. The number of rotatable bonds is 5. The lowest BCUT2D eigenvalue weighted by atomic mass is 10.1. The third kappa shape index (κ3) is 4.66. The molecular weight excluding hydrogens is 314 g/mol. The van der Waals surface area contributed by atoms with Crippen molar-refractivity contribution >= 4 is 5.91 Å². The molecule has 0 bridgehead atoms. The molecule has 1 unspecified atom stereocenters. The molecule has 3 heterocycles. The van der Waals surface area contributed by atoms with E-state index in [9.17, 15) is 4.79 Å². The predicted molar refractivity (Wildman–Crippen MR) is 97.0 cm³/mol. The maximum atomic E-state index is 13.1. The molecule has 6 nitrogen and oxygen atoms in total. The van der Waals surface area contributed by atoms with Crippen LogP contribution in [0, 0.1) is 13.8 Å². The van der Waals surface area contributed by atoms with Gasteiger partial charge in [-0.25, -0.2) is 0 Å². The van der Waals surface area contributed by atoms with Crippen LogP contribution in [0.3, 0.4) is 0 Å². The summed E-state index contributed by atoms with van der Waals surface area (Å²) < 4.78 is 1.80. The van der Waals surface area contributed by atoms with Crippen molar-refractivity contribution in [3.05, 3.63) is 47.5 Å². The third-order valence-electron chi connectivity index (χ3n) is 4.75. The van der Waals surface area contributed by atoms with Gasteiger partial charge < -0.3 is 10.2 Å². The lowest BCUT2D eigenvalue weighted by molar-refractivity contribution is -0.135. The quantitative estimate of drug-likeness (QED) is 0.904. The van der Waals surface area contributed by atoms with E-state index in [1.807, 2.05) is 43.0 Å². The van der Waals surface area contributed by atoms with E-state index in [0.29, 0.717) is 6.54 Å². The Bertz CT molecular complexity index is 689. The van der Waals surface area contributed by atoms with Crippen molar-refractivity contribution in [1.82, 2.24) is 25.0 Å². The Morgan fingerprint density at radius 2 is 2.20 bits per heavy atom. The van der Waals surface area contributed by atoms with Crippen LogP contribution in [0.5, 0.6) is 0 Å². The number of nitrogens with one attached hydrogen (secondary N) is 1. The van der Waals surface area contributed by atoms with Gasteiger partial charge in [0, 0.05) is 17.9 Å². The molecule has 0 radical (unpaired) electrons. The zero-order valence-corrected chi connectivity index (χ0v) is 15.1. The van der Waals surface area contributed by atoms with E-state index in [4.69, 9.17) is 0 Å². The number of carbonyl (C=O) groups is 1. The monoisotopic (exact) mass is 341 g/mol. The Morgan fingerprint density at radius 3 is 2.92 bits per heavy atom. The van der Waals surface area contributed by atoms with Crippen LogP contribution in [0.15, 0.2) is 30.5 Å². The minimum atomic E-state index is 0.115. The van der Waals surface area contributed by atoms with E-state index >= 15 is 0 Å². The minimum Gasteiger partial charge on any atom is -0.332 e. The molecule has 1 amide bonds. The Balaban J connectivity index is 1.78. The number of amides is 1. The average molecular weight is 341 g/mol. The number of pyridine rings is 1. The molecule has 1 N–H and O–H groups in total. The first kappa shape index (κ1) is 17.6. The summed E-state index contributed by atoms with van der Waals surface area (Å²) in [6.45, 7) is 6.78. The number of carbonyl (C=O) groups excluding carboxylic acids is 1.